The van der Waals surface area contributed by atoms with Crippen molar-refractivity contribution in [3.8, 4) is 5.75 Å². The maximum absolute atomic E-state index is 6.12. The molecular weight excluding hydrogens is 233 g/mol. The molecule has 2 rings (SSSR count). The Bertz CT molecular complexity index is 368. The topological polar surface area (TPSA) is 21.3 Å². The van der Waals surface area contributed by atoms with Crippen LogP contribution >= 0.6 is 23.2 Å². The van der Waals surface area contributed by atoms with Gasteiger partial charge in [0.15, 0.2) is 0 Å². The van der Waals surface area contributed by atoms with Crippen molar-refractivity contribution >= 4 is 23.2 Å². The molecule has 0 amide bonds. The minimum atomic E-state index is 0.303. The molecule has 82 valence electrons. The van der Waals surface area contributed by atoms with Crippen LogP contribution in [0, 0.1) is 0 Å². The Balaban J connectivity index is 2.49. The Labute approximate surface area is 99.5 Å². The molecule has 0 radical (unpaired) electrons. The van der Waals surface area contributed by atoms with Crippen LogP contribution in [0.1, 0.15) is 24.4 Å². The number of halogens is 2. The number of nitrogens with one attached hydrogen (secondary N) is 1. The van der Waals surface area contributed by atoms with E-state index < -0.39 is 0 Å². The maximum Gasteiger partial charge on any atom is 0.144 e. The molecule has 1 aliphatic rings. The first-order valence-corrected chi connectivity index (χ1v) is 5.77. The van der Waals surface area contributed by atoms with Crippen LogP contribution in [0.3, 0.4) is 0 Å². The second-order valence-corrected chi connectivity index (χ2v) is 4.40. The van der Waals surface area contributed by atoms with E-state index in [1.54, 1.807) is 0 Å². The fourth-order valence-corrected chi connectivity index (χ4v) is 2.26. The molecule has 1 aromatic carbocycles. The molecule has 1 unspecified atom stereocenters. The van der Waals surface area contributed by atoms with E-state index in [9.17, 15) is 0 Å². The highest BCUT2D eigenvalue weighted by Gasteiger charge is 2.21. The van der Waals surface area contributed by atoms with Gasteiger partial charge in [-0.15, -0.1) is 0 Å². The van der Waals surface area contributed by atoms with Crippen molar-refractivity contribution in [2.75, 3.05) is 13.7 Å². The molecule has 4 heteroatoms. The Morgan fingerprint density at radius 1 is 1.40 bits per heavy atom. The standard InChI is InChI=1S/C11H13Cl2NO/c1-14-9-3-2-6-15-11-7(9)4-5-8(12)10(11)13/h4-5,9,14H,2-3,6H2,1H3. The number of rotatable bonds is 1. The minimum Gasteiger partial charge on any atom is -0.492 e. The zero-order chi connectivity index (χ0) is 10.8. The van der Waals surface area contributed by atoms with Gasteiger partial charge in [-0.1, -0.05) is 29.3 Å². The maximum atomic E-state index is 6.12. The van der Waals surface area contributed by atoms with E-state index >= 15 is 0 Å². The highest BCUT2D eigenvalue weighted by atomic mass is 35.5. The van der Waals surface area contributed by atoms with Gasteiger partial charge in [0.1, 0.15) is 10.8 Å². The minimum absolute atomic E-state index is 0.303. The van der Waals surface area contributed by atoms with Gasteiger partial charge in [-0.3, -0.25) is 0 Å². The molecule has 0 saturated carbocycles. The fraction of sp³-hybridized carbons (Fsp3) is 0.455. The lowest BCUT2D eigenvalue weighted by atomic mass is 10.0. The summed E-state index contributed by atoms with van der Waals surface area (Å²) < 4.78 is 5.64. The molecule has 0 aliphatic carbocycles. The predicted octanol–water partition coefficient (Wildman–Crippen LogP) is 3.43. The molecule has 1 aromatic rings. The van der Waals surface area contributed by atoms with Gasteiger partial charge >= 0.3 is 0 Å². The molecule has 1 heterocycles. The molecule has 15 heavy (non-hydrogen) atoms. The molecule has 1 atom stereocenters. The Kier molecular flexibility index (Phi) is 3.39. The summed E-state index contributed by atoms with van der Waals surface area (Å²) in [7, 11) is 1.95. The SMILES string of the molecule is CNC1CCCOc2c1ccc(Cl)c2Cl. The summed E-state index contributed by atoms with van der Waals surface area (Å²) in [5, 5.41) is 4.34. The Morgan fingerprint density at radius 3 is 2.93 bits per heavy atom. The normalized spacial score (nSPS) is 20.3. The van der Waals surface area contributed by atoms with Crippen LogP contribution in [0.25, 0.3) is 0 Å². The number of hydrogen-bond acceptors (Lipinski definition) is 2. The van der Waals surface area contributed by atoms with Gasteiger partial charge in [-0.2, -0.15) is 0 Å². The van der Waals surface area contributed by atoms with Gasteiger partial charge in [-0.25, -0.2) is 0 Å². The molecule has 1 aliphatic heterocycles. The largest absolute Gasteiger partial charge is 0.492 e. The van der Waals surface area contributed by atoms with Crippen molar-refractivity contribution in [1.82, 2.24) is 5.32 Å². The van der Waals surface area contributed by atoms with Crippen molar-refractivity contribution < 1.29 is 4.74 Å². The van der Waals surface area contributed by atoms with E-state index in [-0.39, 0.29) is 0 Å². The first kappa shape index (κ1) is 11.1. The average Bonchev–Trinajstić information content (AvgIpc) is 2.45. The van der Waals surface area contributed by atoms with Gasteiger partial charge in [-0.05, 0) is 26.0 Å². The number of ether oxygens (including phenoxy) is 1. The lowest BCUT2D eigenvalue weighted by molar-refractivity contribution is 0.315. The highest BCUT2D eigenvalue weighted by molar-refractivity contribution is 6.43. The van der Waals surface area contributed by atoms with Gasteiger partial charge in [0, 0.05) is 11.6 Å². The van der Waals surface area contributed by atoms with E-state index in [0.29, 0.717) is 22.7 Å². The van der Waals surface area contributed by atoms with E-state index in [1.165, 1.54) is 0 Å². The molecule has 0 saturated heterocycles. The van der Waals surface area contributed by atoms with E-state index in [2.05, 4.69) is 5.32 Å². The van der Waals surface area contributed by atoms with E-state index in [1.807, 2.05) is 19.2 Å². The Morgan fingerprint density at radius 2 is 2.20 bits per heavy atom. The molecule has 1 N–H and O–H groups in total. The molecule has 0 fully saturated rings. The zero-order valence-corrected chi connectivity index (χ0v) is 10.0. The molecule has 2 nitrogen and oxygen atoms in total. The summed E-state index contributed by atoms with van der Waals surface area (Å²) in [6.45, 7) is 0.700. The zero-order valence-electron chi connectivity index (χ0n) is 8.52. The quantitative estimate of drug-likeness (QED) is 0.819. The van der Waals surface area contributed by atoms with Crippen LogP contribution in [0.5, 0.6) is 5.75 Å². The number of benzene rings is 1. The van der Waals surface area contributed by atoms with E-state index in [0.717, 1.165) is 24.2 Å². The second-order valence-electron chi connectivity index (χ2n) is 3.61. The monoisotopic (exact) mass is 245 g/mol. The van der Waals surface area contributed by atoms with E-state index in [4.69, 9.17) is 27.9 Å². The molecule has 0 spiro atoms. The van der Waals surface area contributed by atoms with Crippen LogP contribution in [-0.4, -0.2) is 13.7 Å². The summed E-state index contributed by atoms with van der Waals surface area (Å²) in [4.78, 5) is 0. The summed E-state index contributed by atoms with van der Waals surface area (Å²) in [5.74, 6) is 0.737. The lowest BCUT2D eigenvalue weighted by Crippen LogP contribution is -2.15. The first-order chi connectivity index (χ1) is 7.24. The summed E-state index contributed by atoms with van der Waals surface area (Å²) in [5.41, 5.74) is 1.10. The van der Waals surface area contributed by atoms with Gasteiger partial charge in [0.2, 0.25) is 0 Å². The molecular formula is C11H13Cl2NO. The first-order valence-electron chi connectivity index (χ1n) is 5.02. The van der Waals surface area contributed by atoms with Gasteiger partial charge in [0.25, 0.3) is 0 Å². The third kappa shape index (κ3) is 2.07. The fourth-order valence-electron chi connectivity index (χ4n) is 1.89. The van der Waals surface area contributed by atoms with Crippen molar-refractivity contribution in [1.29, 1.82) is 0 Å². The molecule has 0 aromatic heterocycles. The van der Waals surface area contributed by atoms with Crippen LogP contribution in [0.15, 0.2) is 12.1 Å². The predicted molar refractivity (Wildman–Crippen MR) is 63.0 cm³/mol. The third-order valence-electron chi connectivity index (χ3n) is 2.69. The van der Waals surface area contributed by atoms with Crippen molar-refractivity contribution in [3.63, 3.8) is 0 Å². The van der Waals surface area contributed by atoms with Crippen LogP contribution < -0.4 is 10.1 Å². The highest BCUT2D eigenvalue weighted by Crippen LogP contribution is 2.40. The number of fused-ring (bicyclic) bond motifs is 1. The smallest absolute Gasteiger partial charge is 0.144 e. The Hall–Kier alpha value is -0.440. The van der Waals surface area contributed by atoms with Crippen molar-refractivity contribution in [2.24, 2.45) is 0 Å². The summed E-state index contributed by atoms with van der Waals surface area (Å²) in [6.07, 6.45) is 2.08. The average molecular weight is 246 g/mol. The second kappa shape index (κ2) is 4.60. The summed E-state index contributed by atoms with van der Waals surface area (Å²) >= 11 is 12.1. The van der Waals surface area contributed by atoms with Crippen LogP contribution in [-0.2, 0) is 0 Å². The van der Waals surface area contributed by atoms with Crippen molar-refractivity contribution in [3.05, 3.63) is 27.7 Å². The van der Waals surface area contributed by atoms with Crippen LogP contribution in [0.4, 0.5) is 0 Å². The van der Waals surface area contributed by atoms with Crippen molar-refractivity contribution in [2.45, 2.75) is 18.9 Å². The van der Waals surface area contributed by atoms with Gasteiger partial charge in [0.05, 0.1) is 11.6 Å². The summed E-state index contributed by atoms with van der Waals surface area (Å²) in [6, 6.07) is 4.11. The van der Waals surface area contributed by atoms with Crippen LogP contribution in [0.2, 0.25) is 10.0 Å². The third-order valence-corrected chi connectivity index (χ3v) is 3.47. The van der Waals surface area contributed by atoms with Gasteiger partial charge < -0.3 is 10.1 Å². The number of hydrogen-bond donors (Lipinski definition) is 1. The molecule has 0 bridgehead atoms. The lowest BCUT2D eigenvalue weighted by Gasteiger charge is -2.16.